The molecule has 1 aromatic heterocycles. The second-order valence-corrected chi connectivity index (χ2v) is 7.50. The van der Waals surface area contributed by atoms with E-state index in [1.807, 2.05) is 6.92 Å². The molecule has 11 heteroatoms. The Morgan fingerprint density at radius 3 is 2.92 bits per heavy atom. The lowest BCUT2D eigenvalue weighted by Gasteiger charge is -2.33. The third kappa shape index (κ3) is 5.14. The molecule has 132 valence electrons. The Hall–Kier alpha value is -1.72. The van der Waals surface area contributed by atoms with Gasteiger partial charge in [-0.2, -0.15) is 0 Å². The molecule has 0 bridgehead atoms. The van der Waals surface area contributed by atoms with Crippen LogP contribution in [0.2, 0.25) is 0 Å². The summed E-state index contributed by atoms with van der Waals surface area (Å²) < 4.78 is 0.794. The highest BCUT2D eigenvalue weighted by Crippen LogP contribution is 2.24. The van der Waals surface area contributed by atoms with E-state index in [0.717, 1.165) is 10.1 Å². The van der Waals surface area contributed by atoms with E-state index in [1.54, 1.807) is 16.7 Å². The molecule has 0 aliphatic carbocycles. The smallest absolute Gasteiger partial charge is 0.240 e. The third-order valence-corrected chi connectivity index (χ3v) is 5.22. The van der Waals surface area contributed by atoms with Gasteiger partial charge in [-0.15, -0.1) is 10.2 Å². The number of hydrogen-bond acceptors (Lipinski definition) is 8. The molecule has 9 nitrogen and oxygen atoms in total. The maximum atomic E-state index is 12.2. The van der Waals surface area contributed by atoms with Crippen LogP contribution in [0.4, 0.5) is 5.13 Å². The SMILES string of the molecule is CCSc1nnc(NC(=O)CN2CCNC(=O)C2CC(=O)NC)s1. The maximum absolute atomic E-state index is 12.2. The van der Waals surface area contributed by atoms with Crippen LogP contribution in [-0.2, 0) is 14.4 Å². The van der Waals surface area contributed by atoms with Crippen LogP contribution in [0.15, 0.2) is 4.34 Å². The number of carbonyl (C=O) groups is 3. The van der Waals surface area contributed by atoms with Crippen LogP contribution in [0.3, 0.4) is 0 Å². The molecule has 0 aromatic carbocycles. The van der Waals surface area contributed by atoms with Gasteiger partial charge in [-0.3, -0.25) is 24.6 Å². The number of nitrogens with zero attached hydrogens (tertiary/aromatic N) is 3. The Morgan fingerprint density at radius 1 is 1.42 bits per heavy atom. The summed E-state index contributed by atoms with van der Waals surface area (Å²) in [6.07, 6.45) is 0.0196. The second kappa shape index (κ2) is 8.94. The van der Waals surface area contributed by atoms with Crippen LogP contribution in [0.25, 0.3) is 0 Å². The molecule has 1 fully saturated rings. The van der Waals surface area contributed by atoms with Gasteiger partial charge < -0.3 is 10.6 Å². The molecule has 2 rings (SSSR count). The molecule has 1 aromatic rings. The van der Waals surface area contributed by atoms with Gasteiger partial charge in [0.1, 0.15) is 0 Å². The zero-order chi connectivity index (χ0) is 17.5. The number of nitrogens with one attached hydrogen (secondary N) is 3. The van der Waals surface area contributed by atoms with Crippen LogP contribution < -0.4 is 16.0 Å². The van der Waals surface area contributed by atoms with Crippen molar-refractivity contribution in [1.29, 1.82) is 0 Å². The van der Waals surface area contributed by atoms with E-state index in [0.29, 0.717) is 18.2 Å². The highest BCUT2D eigenvalue weighted by molar-refractivity contribution is 8.01. The van der Waals surface area contributed by atoms with Gasteiger partial charge in [0, 0.05) is 20.1 Å². The van der Waals surface area contributed by atoms with E-state index in [2.05, 4.69) is 26.1 Å². The standard InChI is InChI=1S/C13H20N6O3S2/c1-3-23-13-18-17-12(24-13)16-10(21)7-19-5-4-15-11(22)8(19)6-9(20)14-2/h8H,3-7H2,1-2H3,(H,14,20)(H,15,22)(H,16,17,21). The van der Waals surface area contributed by atoms with Gasteiger partial charge in [0.25, 0.3) is 0 Å². The van der Waals surface area contributed by atoms with Crippen molar-refractivity contribution in [1.82, 2.24) is 25.7 Å². The van der Waals surface area contributed by atoms with E-state index in [4.69, 9.17) is 0 Å². The molecule has 0 radical (unpaired) electrons. The summed E-state index contributed by atoms with van der Waals surface area (Å²) in [5.74, 6) is 0.117. The summed E-state index contributed by atoms with van der Waals surface area (Å²) in [7, 11) is 1.52. The molecule has 2 heterocycles. The van der Waals surface area contributed by atoms with Crippen LogP contribution in [0, 0.1) is 0 Å². The summed E-state index contributed by atoms with van der Waals surface area (Å²) in [4.78, 5) is 37.5. The molecule has 0 saturated carbocycles. The molecule has 1 aliphatic rings. The Morgan fingerprint density at radius 2 is 2.21 bits per heavy atom. The normalized spacial score (nSPS) is 18.1. The topological polar surface area (TPSA) is 116 Å². The number of carbonyl (C=O) groups excluding carboxylic acids is 3. The van der Waals surface area contributed by atoms with Crippen molar-refractivity contribution in [2.45, 2.75) is 23.7 Å². The van der Waals surface area contributed by atoms with Gasteiger partial charge in [-0.1, -0.05) is 30.0 Å². The van der Waals surface area contributed by atoms with Gasteiger partial charge in [0.05, 0.1) is 19.0 Å². The van der Waals surface area contributed by atoms with E-state index in [9.17, 15) is 14.4 Å². The fourth-order valence-corrected chi connectivity index (χ4v) is 3.90. The number of amides is 3. The zero-order valence-corrected chi connectivity index (χ0v) is 15.1. The third-order valence-electron chi connectivity index (χ3n) is 3.37. The first-order valence-electron chi connectivity index (χ1n) is 7.52. The number of thioether (sulfide) groups is 1. The molecule has 24 heavy (non-hydrogen) atoms. The first-order valence-corrected chi connectivity index (χ1v) is 9.32. The number of rotatable bonds is 7. The van der Waals surface area contributed by atoms with Crippen LogP contribution in [0.1, 0.15) is 13.3 Å². The Labute approximate surface area is 148 Å². The van der Waals surface area contributed by atoms with Gasteiger partial charge in [0.15, 0.2) is 4.34 Å². The second-order valence-electron chi connectivity index (χ2n) is 5.01. The molecule has 1 atom stereocenters. The van der Waals surface area contributed by atoms with Crippen LogP contribution in [-0.4, -0.2) is 71.3 Å². The molecular weight excluding hydrogens is 352 g/mol. The van der Waals surface area contributed by atoms with Gasteiger partial charge >= 0.3 is 0 Å². The van der Waals surface area contributed by atoms with Crippen molar-refractivity contribution in [2.75, 3.05) is 37.8 Å². The molecule has 1 aliphatic heterocycles. The van der Waals surface area contributed by atoms with E-state index >= 15 is 0 Å². The largest absolute Gasteiger partial charge is 0.359 e. The summed E-state index contributed by atoms with van der Waals surface area (Å²) in [6.45, 7) is 2.99. The van der Waals surface area contributed by atoms with Crippen LogP contribution in [0.5, 0.6) is 0 Å². The van der Waals surface area contributed by atoms with Gasteiger partial charge in [0.2, 0.25) is 22.9 Å². The minimum Gasteiger partial charge on any atom is -0.359 e. The highest BCUT2D eigenvalue weighted by atomic mass is 32.2. The van der Waals surface area contributed by atoms with E-state index < -0.39 is 6.04 Å². The van der Waals surface area contributed by atoms with Gasteiger partial charge in [-0.25, -0.2) is 0 Å². The number of anilines is 1. The number of piperazine rings is 1. The Balaban J connectivity index is 1.94. The van der Waals surface area contributed by atoms with E-state index in [1.165, 1.54) is 18.4 Å². The number of hydrogen-bond donors (Lipinski definition) is 3. The van der Waals surface area contributed by atoms with Crippen molar-refractivity contribution < 1.29 is 14.4 Å². The predicted molar refractivity (Wildman–Crippen MR) is 92.0 cm³/mol. The zero-order valence-electron chi connectivity index (χ0n) is 13.5. The molecule has 1 unspecified atom stereocenters. The quantitative estimate of drug-likeness (QED) is 0.437. The lowest BCUT2D eigenvalue weighted by Crippen LogP contribution is -2.57. The molecule has 3 amide bonds. The fourth-order valence-electron chi connectivity index (χ4n) is 2.24. The van der Waals surface area contributed by atoms with Crippen molar-refractivity contribution in [3.63, 3.8) is 0 Å². The summed E-state index contributed by atoms with van der Waals surface area (Å²) in [5.41, 5.74) is 0. The average molecular weight is 372 g/mol. The van der Waals surface area contributed by atoms with Crippen molar-refractivity contribution in [3.05, 3.63) is 0 Å². The lowest BCUT2D eigenvalue weighted by molar-refractivity contribution is -0.135. The lowest BCUT2D eigenvalue weighted by atomic mass is 10.1. The molecule has 3 N–H and O–H groups in total. The van der Waals surface area contributed by atoms with Gasteiger partial charge in [-0.05, 0) is 5.75 Å². The minimum atomic E-state index is -0.648. The fraction of sp³-hybridized carbons (Fsp3) is 0.615. The summed E-state index contributed by atoms with van der Waals surface area (Å²) in [5, 5.41) is 16.2. The Bertz CT molecular complexity index is 608. The van der Waals surface area contributed by atoms with E-state index in [-0.39, 0.29) is 30.7 Å². The Kier molecular flexibility index (Phi) is 6.94. The molecule has 1 saturated heterocycles. The molecule has 0 spiro atoms. The van der Waals surface area contributed by atoms with Crippen molar-refractivity contribution >= 4 is 46.0 Å². The average Bonchev–Trinajstić information content (AvgIpc) is 2.97. The first kappa shape index (κ1) is 18.6. The van der Waals surface area contributed by atoms with Crippen LogP contribution >= 0.6 is 23.1 Å². The summed E-state index contributed by atoms with van der Waals surface area (Å²) in [6, 6.07) is -0.648. The number of aromatic nitrogens is 2. The first-order chi connectivity index (χ1) is 11.5. The minimum absolute atomic E-state index is 0.0188. The maximum Gasteiger partial charge on any atom is 0.240 e. The monoisotopic (exact) mass is 372 g/mol. The summed E-state index contributed by atoms with van der Waals surface area (Å²) >= 11 is 2.87. The molecular formula is C13H20N6O3S2. The highest BCUT2D eigenvalue weighted by Gasteiger charge is 2.32. The van der Waals surface area contributed by atoms with Crippen molar-refractivity contribution in [2.24, 2.45) is 0 Å². The predicted octanol–water partition coefficient (Wildman–Crippen LogP) is -0.475. The van der Waals surface area contributed by atoms with Crippen molar-refractivity contribution in [3.8, 4) is 0 Å².